The van der Waals surface area contributed by atoms with Gasteiger partial charge in [0.05, 0.1) is 0 Å². The summed E-state index contributed by atoms with van der Waals surface area (Å²) in [7, 11) is 0. The van der Waals surface area contributed by atoms with Crippen molar-refractivity contribution in [2.45, 2.75) is 0 Å². The summed E-state index contributed by atoms with van der Waals surface area (Å²) < 4.78 is 0. The first-order valence-corrected chi connectivity index (χ1v) is 2.56. The quantitative estimate of drug-likeness (QED) is 0.327. The number of carbonyl (C=O) groups is 1. The van der Waals surface area contributed by atoms with Crippen molar-refractivity contribution in [2.75, 3.05) is 6.67 Å². The van der Waals surface area contributed by atoms with Crippen LogP contribution >= 0.6 is 0 Å². The monoisotopic (exact) mass is 139 g/mol. The molecular weight excluding hydrogens is 134 g/mol. The first kappa shape index (κ1) is 6.44. The Labute approximate surface area is 56.4 Å². The van der Waals surface area contributed by atoms with Crippen LogP contribution in [0.1, 0.15) is 0 Å². The molecule has 1 heterocycles. The second kappa shape index (κ2) is 2.28. The van der Waals surface area contributed by atoms with Crippen molar-refractivity contribution in [1.29, 1.82) is 0 Å². The highest BCUT2D eigenvalue weighted by Gasteiger charge is 2.26. The maximum atomic E-state index is 10.4. The molecule has 0 aromatic heterocycles. The number of nitrogens with two attached hydrogens (primary N) is 1. The molecule has 6 nitrogen and oxygen atoms in total. The topological polar surface area (TPSA) is 104 Å². The molecule has 1 aliphatic heterocycles. The average Bonchev–Trinajstić information content (AvgIpc) is 2.33. The second-order valence-electron chi connectivity index (χ2n) is 1.65. The average molecular weight is 139 g/mol. The minimum atomic E-state index is -0.696. The number of aliphatic imine (C=N–C) groups is 1. The van der Waals surface area contributed by atoms with Crippen LogP contribution in [0.3, 0.4) is 0 Å². The molecule has 0 bridgehead atoms. The summed E-state index contributed by atoms with van der Waals surface area (Å²) in [6, 6.07) is 0. The molecular formula is C4H5N5O. The zero-order valence-electron chi connectivity index (χ0n) is 5.03. The lowest BCUT2D eigenvalue weighted by Gasteiger charge is -1.84. The summed E-state index contributed by atoms with van der Waals surface area (Å²) >= 11 is 0. The Morgan fingerprint density at radius 3 is 3.00 bits per heavy atom. The van der Waals surface area contributed by atoms with Crippen molar-refractivity contribution in [2.24, 2.45) is 10.7 Å². The number of hydrogen-bond donors (Lipinski definition) is 2. The largest absolute Gasteiger partial charge is 0.497 e. The molecule has 0 unspecified atom stereocenters. The standard InChI is InChI=1S/C4H5N5O/c5-3(10)2-4(9-6)8-1-7-2/h8H,1H2,(H2,5,10). The summed E-state index contributed by atoms with van der Waals surface area (Å²) in [6.45, 7) is 0.234. The fraction of sp³-hybridized carbons (Fsp3) is 0.250. The third kappa shape index (κ3) is 0.872. The molecule has 10 heavy (non-hydrogen) atoms. The summed E-state index contributed by atoms with van der Waals surface area (Å²) in [5.41, 5.74) is 13.1. The minimum absolute atomic E-state index is 0.0116. The molecule has 0 aliphatic carbocycles. The van der Waals surface area contributed by atoms with Crippen LogP contribution in [0.4, 0.5) is 0 Å². The van der Waals surface area contributed by atoms with Gasteiger partial charge in [-0.05, 0) is 0 Å². The molecule has 0 radical (unpaired) electrons. The van der Waals surface area contributed by atoms with Crippen LogP contribution in [0.5, 0.6) is 0 Å². The fourth-order valence-corrected chi connectivity index (χ4v) is 0.629. The normalized spacial score (nSPS) is 15.6. The summed E-state index contributed by atoms with van der Waals surface area (Å²) in [6.07, 6.45) is 0. The molecule has 0 spiro atoms. The van der Waals surface area contributed by atoms with E-state index in [-0.39, 0.29) is 18.2 Å². The van der Waals surface area contributed by atoms with Crippen molar-refractivity contribution < 1.29 is 9.58 Å². The molecule has 3 N–H and O–H groups in total. The molecule has 1 rings (SSSR count). The van der Waals surface area contributed by atoms with Crippen molar-refractivity contribution in [3.05, 3.63) is 5.53 Å². The Morgan fingerprint density at radius 2 is 2.60 bits per heavy atom. The SMILES string of the molecule is [N-]=[N+]=C1NCN=C1C(N)=O. The van der Waals surface area contributed by atoms with Crippen LogP contribution in [0.2, 0.25) is 0 Å². The van der Waals surface area contributed by atoms with E-state index in [1.807, 2.05) is 0 Å². The van der Waals surface area contributed by atoms with Gasteiger partial charge >= 0.3 is 5.84 Å². The van der Waals surface area contributed by atoms with Gasteiger partial charge in [0.1, 0.15) is 0 Å². The van der Waals surface area contributed by atoms with Crippen LogP contribution in [-0.4, -0.2) is 28.9 Å². The summed E-state index contributed by atoms with van der Waals surface area (Å²) in [4.78, 5) is 16.8. The van der Waals surface area contributed by atoms with Crippen LogP contribution in [0.15, 0.2) is 4.99 Å². The van der Waals surface area contributed by atoms with E-state index in [1.165, 1.54) is 0 Å². The van der Waals surface area contributed by atoms with Gasteiger partial charge < -0.3 is 16.1 Å². The van der Waals surface area contributed by atoms with E-state index in [9.17, 15) is 4.79 Å². The van der Waals surface area contributed by atoms with Gasteiger partial charge in [0, 0.05) is 0 Å². The number of carbonyl (C=O) groups excluding carboxylic acids is 1. The van der Waals surface area contributed by atoms with E-state index in [0.717, 1.165) is 0 Å². The first-order chi connectivity index (χ1) is 4.75. The number of nitrogens with zero attached hydrogens (tertiary/aromatic N) is 3. The van der Waals surface area contributed by atoms with Crippen molar-refractivity contribution >= 4 is 17.5 Å². The Bertz CT molecular complexity index is 248. The number of amides is 1. The lowest BCUT2D eigenvalue weighted by atomic mass is 10.3. The first-order valence-electron chi connectivity index (χ1n) is 2.56. The van der Waals surface area contributed by atoms with E-state index in [0.29, 0.717) is 0 Å². The zero-order valence-corrected chi connectivity index (χ0v) is 5.03. The van der Waals surface area contributed by atoms with E-state index >= 15 is 0 Å². The predicted molar refractivity (Wildman–Crippen MR) is 33.3 cm³/mol. The van der Waals surface area contributed by atoms with Gasteiger partial charge in [-0.3, -0.25) is 4.79 Å². The Hall–Kier alpha value is -1.68. The molecule has 1 amide bonds. The van der Waals surface area contributed by atoms with Crippen LogP contribution in [0, 0.1) is 0 Å². The van der Waals surface area contributed by atoms with Gasteiger partial charge in [-0.2, -0.15) is 0 Å². The van der Waals surface area contributed by atoms with E-state index in [4.69, 9.17) is 11.3 Å². The number of nitrogens with one attached hydrogen (secondary N) is 1. The van der Waals surface area contributed by atoms with Crippen LogP contribution in [0.25, 0.3) is 5.53 Å². The van der Waals surface area contributed by atoms with E-state index in [1.54, 1.807) is 0 Å². The highest BCUT2D eigenvalue weighted by atomic mass is 16.1. The number of hydrogen-bond acceptors (Lipinski definition) is 2. The number of primary amides is 1. The van der Waals surface area contributed by atoms with E-state index in [2.05, 4.69) is 15.1 Å². The van der Waals surface area contributed by atoms with Gasteiger partial charge in [-0.25, -0.2) is 10.3 Å². The maximum Gasteiger partial charge on any atom is 0.385 e. The molecule has 0 aromatic carbocycles. The fourth-order valence-electron chi connectivity index (χ4n) is 0.629. The molecule has 1 aliphatic rings. The molecule has 0 aromatic rings. The molecule has 0 atom stereocenters. The van der Waals surface area contributed by atoms with Crippen molar-refractivity contribution in [3.8, 4) is 0 Å². The molecule has 0 fully saturated rings. The Balaban J connectivity index is 2.96. The van der Waals surface area contributed by atoms with Gasteiger partial charge in [-0.15, -0.1) is 0 Å². The maximum absolute atomic E-state index is 10.4. The lowest BCUT2D eigenvalue weighted by molar-refractivity contribution is -0.111. The number of rotatable bonds is 1. The molecule has 6 heteroatoms. The second-order valence-corrected chi connectivity index (χ2v) is 1.65. The Kier molecular flexibility index (Phi) is 1.47. The third-order valence-corrected chi connectivity index (χ3v) is 1.04. The van der Waals surface area contributed by atoms with Gasteiger partial charge in [0.15, 0.2) is 6.67 Å². The minimum Gasteiger partial charge on any atom is -0.497 e. The smallest absolute Gasteiger partial charge is 0.385 e. The van der Waals surface area contributed by atoms with Crippen LogP contribution < -0.4 is 11.1 Å². The lowest BCUT2D eigenvalue weighted by Crippen LogP contribution is -2.34. The molecule has 52 valence electrons. The van der Waals surface area contributed by atoms with E-state index < -0.39 is 5.91 Å². The summed E-state index contributed by atoms with van der Waals surface area (Å²) in [5.74, 6) is -0.662. The van der Waals surface area contributed by atoms with Gasteiger partial charge in [-0.1, -0.05) is 0 Å². The highest BCUT2D eigenvalue weighted by Crippen LogP contribution is 1.86. The third-order valence-electron chi connectivity index (χ3n) is 1.04. The molecule has 0 saturated heterocycles. The Morgan fingerprint density at radius 1 is 1.90 bits per heavy atom. The van der Waals surface area contributed by atoms with Crippen molar-refractivity contribution in [1.82, 2.24) is 5.32 Å². The predicted octanol–water partition coefficient (Wildman–Crippen LogP) is -1.90. The summed E-state index contributed by atoms with van der Waals surface area (Å²) in [5, 5.41) is 2.53. The van der Waals surface area contributed by atoms with Gasteiger partial charge in [0.25, 0.3) is 5.91 Å². The zero-order chi connectivity index (χ0) is 7.56. The van der Waals surface area contributed by atoms with Crippen LogP contribution in [-0.2, 0) is 4.79 Å². The van der Waals surface area contributed by atoms with Gasteiger partial charge in [0.2, 0.25) is 5.71 Å². The highest BCUT2D eigenvalue weighted by molar-refractivity contribution is 6.65. The molecule has 0 saturated carbocycles. The van der Waals surface area contributed by atoms with Crippen molar-refractivity contribution in [3.63, 3.8) is 0 Å². The number of amidine groups is 1.